The number of nitrogens with one attached hydrogen (secondary N) is 1. The van der Waals surface area contributed by atoms with Gasteiger partial charge in [0.1, 0.15) is 0 Å². The molecule has 1 amide bonds. The van der Waals surface area contributed by atoms with Crippen LogP contribution in [0.1, 0.15) is 10.4 Å². The quantitative estimate of drug-likeness (QED) is 0.583. The van der Waals surface area contributed by atoms with E-state index >= 15 is 0 Å². The normalized spacial score (nSPS) is 10.8. The average molecular weight is 337 g/mol. The van der Waals surface area contributed by atoms with Crippen LogP contribution in [-0.2, 0) is 0 Å². The van der Waals surface area contributed by atoms with Crippen LogP contribution < -0.4 is 5.32 Å². The van der Waals surface area contributed by atoms with Crippen LogP contribution in [-0.4, -0.2) is 27.1 Å². The van der Waals surface area contributed by atoms with E-state index in [1.807, 2.05) is 18.4 Å². The summed E-state index contributed by atoms with van der Waals surface area (Å²) < 4.78 is 0.923. The molecule has 106 valence electrons. The Hall–Kier alpha value is -1.70. The molecule has 0 aliphatic rings. The van der Waals surface area contributed by atoms with E-state index in [4.69, 9.17) is 11.6 Å². The van der Waals surface area contributed by atoms with E-state index in [-0.39, 0.29) is 5.91 Å². The molecule has 0 aliphatic carbocycles. The fraction of sp³-hybridized carbons (Fsp3) is 0.0769. The summed E-state index contributed by atoms with van der Waals surface area (Å²) in [4.78, 5) is 24.6. The molecular weight excluding hydrogens is 328 g/mol. The maximum Gasteiger partial charge on any atom is 0.260 e. The molecule has 0 saturated carbocycles. The smallest absolute Gasteiger partial charge is 0.260 e. The second-order valence-corrected chi connectivity index (χ2v) is 6.28. The highest BCUT2D eigenvalue weighted by molar-refractivity contribution is 7.98. The first-order valence-electron chi connectivity index (χ1n) is 5.89. The first-order chi connectivity index (χ1) is 10.2. The number of fused-ring (bicyclic) bond motifs is 1. The number of rotatable bonds is 3. The minimum Gasteiger partial charge on any atom is -0.298 e. The molecular formula is C13H9ClN4OS2. The summed E-state index contributed by atoms with van der Waals surface area (Å²) in [5, 5.41) is 4.53. The molecule has 3 aromatic rings. The second kappa shape index (κ2) is 5.97. The number of halogens is 1. The Labute approximate surface area is 133 Å². The summed E-state index contributed by atoms with van der Waals surface area (Å²) in [6.45, 7) is 0. The zero-order valence-electron chi connectivity index (χ0n) is 10.8. The van der Waals surface area contributed by atoms with Gasteiger partial charge in [-0.15, -0.1) is 0 Å². The van der Waals surface area contributed by atoms with E-state index < -0.39 is 0 Å². The number of hydrogen-bond acceptors (Lipinski definition) is 6. The third-order valence-corrected chi connectivity index (χ3v) is 4.39. The van der Waals surface area contributed by atoms with Crippen molar-refractivity contribution in [1.82, 2.24) is 15.0 Å². The molecule has 1 N–H and O–H groups in total. The van der Waals surface area contributed by atoms with Gasteiger partial charge in [0.2, 0.25) is 0 Å². The Kier molecular flexibility index (Phi) is 4.05. The lowest BCUT2D eigenvalue weighted by Gasteiger charge is -2.01. The minimum atomic E-state index is -0.284. The SMILES string of the molecule is CSc1ncc(C(=O)Nc2nc3ccc(Cl)cc3s2)cn1. The number of aromatic nitrogens is 3. The third-order valence-electron chi connectivity index (χ3n) is 2.64. The van der Waals surface area contributed by atoms with Gasteiger partial charge in [0.15, 0.2) is 10.3 Å². The highest BCUT2D eigenvalue weighted by atomic mass is 35.5. The van der Waals surface area contributed by atoms with Crippen molar-refractivity contribution in [1.29, 1.82) is 0 Å². The topological polar surface area (TPSA) is 67.8 Å². The predicted molar refractivity (Wildman–Crippen MR) is 86.4 cm³/mol. The second-order valence-electron chi connectivity index (χ2n) is 4.04. The number of thiazole rings is 1. The van der Waals surface area contributed by atoms with Crippen molar-refractivity contribution in [3.05, 3.63) is 41.2 Å². The number of benzene rings is 1. The molecule has 5 nitrogen and oxygen atoms in total. The molecule has 0 saturated heterocycles. The Morgan fingerprint density at radius 1 is 1.33 bits per heavy atom. The molecule has 2 aromatic heterocycles. The summed E-state index contributed by atoms with van der Waals surface area (Å²) in [5.41, 5.74) is 1.19. The van der Waals surface area contributed by atoms with Crippen LogP contribution in [0.3, 0.4) is 0 Å². The largest absolute Gasteiger partial charge is 0.298 e. The van der Waals surface area contributed by atoms with E-state index in [9.17, 15) is 4.79 Å². The van der Waals surface area contributed by atoms with Crippen molar-refractivity contribution in [2.24, 2.45) is 0 Å². The standard InChI is InChI=1S/C13H9ClN4OS2/c1-20-12-15-5-7(6-16-12)11(19)18-13-17-9-3-2-8(14)4-10(9)21-13/h2-6H,1H3,(H,17,18,19). The van der Waals surface area contributed by atoms with Gasteiger partial charge in [-0.2, -0.15) is 0 Å². The van der Waals surface area contributed by atoms with Gasteiger partial charge >= 0.3 is 0 Å². The van der Waals surface area contributed by atoms with Crippen molar-refractivity contribution in [3.8, 4) is 0 Å². The molecule has 0 unspecified atom stereocenters. The Balaban J connectivity index is 1.81. The maximum absolute atomic E-state index is 12.1. The van der Waals surface area contributed by atoms with E-state index in [0.29, 0.717) is 20.9 Å². The first kappa shape index (κ1) is 14.2. The Morgan fingerprint density at radius 3 is 2.81 bits per heavy atom. The van der Waals surface area contributed by atoms with E-state index in [2.05, 4.69) is 20.3 Å². The fourth-order valence-electron chi connectivity index (χ4n) is 1.66. The monoisotopic (exact) mass is 336 g/mol. The first-order valence-corrected chi connectivity index (χ1v) is 8.31. The third kappa shape index (κ3) is 3.15. The minimum absolute atomic E-state index is 0.284. The molecule has 0 aliphatic heterocycles. The number of amides is 1. The van der Waals surface area contributed by atoms with Gasteiger partial charge in [0.25, 0.3) is 5.91 Å². The summed E-state index contributed by atoms with van der Waals surface area (Å²) in [5.74, 6) is -0.284. The lowest BCUT2D eigenvalue weighted by molar-refractivity contribution is 0.102. The summed E-state index contributed by atoms with van der Waals surface area (Å²) >= 11 is 8.72. The van der Waals surface area contributed by atoms with Crippen LogP contribution in [0, 0.1) is 0 Å². The predicted octanol–water partition coefficient (Wildman–Crippen LogP) is 3.71. The van der Waals surface area contributed by atoms with Gasteiger partial charge in [0, 0.05) is 17.4 Å². The molecule has 3 rings (SSSR count). The highest BCUT2D eigenvalue weighted by Gasteiger charge is 2.11. The number of thioether (sulfide) groups is 1. The van der Waals surface area contributed by atoms with Crippen molar-refractivity contribution in [3.63, 3.8) is 0 Å². The zero-order valence-corrected chi connectivity index (χ0v) is 13.2. The fourth-order valence-corrected chi connectivity index (χ4v) is 3.11. The molecule has 2 heterocycles. The van der Waals surface area contributed by atoms with Crippen molar-refractivity contribution < 1.29 is 4.79 Å². The highest BCUT2D eigenvalue weighted by Crippen LogP contribution is 2.28. The lowest BCUT2D eigenvalue weighted by atomic mass is 10.3. The number of anilines is 1. The molecule has 21 heavy (non-hydrogen) atoms. The molecule has 1 aromatic carbocycles. The van der Waals surface area contributed by atoms with Gasteiger partial charge in [-0.3, -0.25) is 10.1 Å². The van der Waals surface area contributed by atoms with Gasteiger partial charge in [-0.05, 0) is 24.5 Å². The lowest BCUT2D eigenvalue weighted by Crippen LogP contribution is -2.12. The van der Waals surface area contributed by atoms with Crippen molar-refractivity contribution in [2.75, 3.05) is 11.6 Å². The van der Waals surface area contributed by atoms with Crippen molar-refractivity contribution in [2.45, 2.75) is 5.16 Å². The number of carbonyl (C=O) groups is 1. The van der Waals surface area contributed by atoms with E-state index in [1.54, 1.807) is 6.07 Å². The molecule has 0 radical (unpaired) electrons. The number of carbonyl (C=O) groups excluding carboxylic acids is 1. The summed E-state index contributed by atoms with van der Waals surface area (Å²) in [7, 11) is 0. The number of hydrogen-bond donors (Lipinski definition) is 1. The van der Waals surface area contributed by atoms with Crippen LogP contribution in [0.4, 0.5) is 5.13 Å². The Bertz CT molecular complexity index is 804. The summed E-state index contributed by atoms with van der Waals surface area (Å²) in [6, 6.07) is 5.41. The van der Waals surface area contributed by atoms with Gasteiger partial charge < -0.3 is 0 Å². The summed E-state index contributed by atoms with van der Waals surface area (Å²) in [6.07, 6.45) is 4.87. The van der Waals surface area contributed by atoms with Gasteiger partial charge in [0.05, 0.1) is 15.8 Å². The molecule has 0 fully saturated rings. The average Bonchev–Trinajstić information content (AvgIpc) is 2.88. The van der Waals surface area contributed by atoms with Crippen LogP contribution in [0.5, 0.6) is 0 Å². The maximum atomic E-state index is 12.1. The zero-order chi connectivity index (χ0) is 14.8. The van der Waals surface area contributed by atoms with Crippen LogP contribution in [0.25, 0.3) is 10.2 Å². The van der Waals surface area contributed by atoms with Gasteiger partial charge in [-0.25, -0.2) is 15.0 Å². The van der Waals surface area contributed by atoms with Crippen LogP contribution in [0.2, 0.25) is 5.02 Å². The van der Waals surface area contributed by atoms with Crippen LogP contribution in [0.15, 0.2) is 35.7 Å². The molecule has 0 bridgehead atoms. The van der Waals surface area contributed by atoms with Gasteiger partial charge in [-0.1, -0.05) is 34.7 Å². The molecule has 0 spiro atoms. The van der Waals surface area contributed by atoms with E-state index in [0.717, 1.165) is 10.2 Å². The Morgan fingerprint density at radius 2 is 2.10 bits per heavy atom. The van der Waals surface area contributed by atoms with Crippen molar-refractivity contribution >= 4 is 56.0 Å². The number of nitrogens with zero attached hydrogens (tertiary/aromatic N) is 3. The molecule has 8 heteroatoms. The molecule has 0 atom stereocenters. The van der Waals surface area contributed by atoms with Crippen LogP contribution >= 0.6 is 34.7 Å². The van der Waals surface area contributed by atoms with E-state index in [1.165, 1.54) is 35.5 Å².